The van der Waals surface area contributed by atoms with Crippen LogP contribution in [0.2, 0.25) is 0 Å². The Kier molecular flexibility index (Phi) is 6.63. The predicted molar refractivity (Wildman–Crippen MR) is 112 cm³/mol. The van der Waals surface area contributed by atoms with E-state index in [2.05, 4.69) is 16.7 Å². The smallest absolute Gasteiger partial charge is 0.330 e. The molecule has 0 atom stereocenters. The predicted octanol–water partition coefficient (Wildman–Crippen LogP) is 4.56. The van der Waals surface area contributed by atoms with E-state index in [0.717, 1.165) is 55.3 Å². The maximum Gasteiger partial charge on any atom is 0.416 e. The van der Waals surface area contributed by atoms with Crippen molar-refractivity contribution in [3.05, 3.63) is 71.0 Å². The molecule has 0 saturated carbocycles. The first kappa shape index (κ1) is 22.1. The normalized spacial score (nSPS) is 14.1. The largest absolute Gasteiger partial charge is 0.416 e. The van der Waals surface area contributed by atoms with E-state index in [1.807, 2.05) is 43.7 Å². The van der Waals surface area contributed by atoms with Crippen LogP contribution in [-0.4, -0.2) is 21.0 Å². The van der Waals surface area contributed by atoms with Gasteiger partial charge in [0.15, 0.2) is 0 Å². The molecule has 0 radical (unpaired) electrons. The van der Waals surface area contributed by atoms with Gasteiger partial charge in [0, 0.05) is 44.2 Å². The average molecular weight is 417 g/mol. The Hall–Kier alpha value is -2.64. The molecule has 1 aliphatic rings. The molecule has 2 aromatic carbocycles. The zero-order valence-electron chi connectivity index (χ0n) is 17.6. The molecule has 2 heterocycles. The van der Waals surface area contributed by atoms with Gasteiger partial charge in [0.1, 0.15) is 11.5 Å². The maximum atomic E-state index is 12.8. The summed E-state index contributed by atoms with van der Waals surface area (Å²) in [5, 5.41) is 0. The summed E-state index contributed by atoms with van der Waals surface area (Å²) >= 11 is 0. The summed E-state index contributed by atoms with van der Waals surface area (Å²) in [6, 6.07) is 13.3. The van der Waals surface area contributed by atoms with Gasteiger partial charge < -0.3 is 10.3 Å². The lowest BCUT2D eigenvalue weighted by atomic mass is 10.1. The zero-order chi connectivity index (χ0) is 21.9. The first-order chi connectivity index (χ1) is 14.3. The third kappa shape index (κ3) is 4.57. The van der Waals surface area contributed by atoms with Crippen molar-refractivity contribution in [1.29, 1.82) is 0 Å². The molecule has 0 aliphatic carbocycles. The second-order valence-electron chi connectivity index (χ2n) is 7.19. The number of imidazole rings is 1. The molecule has 0 unspecified atom stereocenters. The van der Waals surface area contributed by atoms with Crippen molar-refractivity contribution < 1.29 is 18.9 Å². The first-order valence-electron chi connectivity index (χ1n) is 10.2. The lowest BCUT2D eigenvalue weighted by Gasteiger charge is -2.27. The fourth-order valence-corrected chi connectivity index (χ4v) is 3.70. The Morgan fingerprint density at radius 3 is 2.33 bits per heavy atom. The van der Waals surface area contributed by atoms with Crippen LogP contribution < -0.4 is 5.73 Å². The number of alkyl halides is 3. The summed E-state index contributed by atoms with van der Waals surface area (Å²) in [5.41, 5.74) is 8.51. The molecule has 0 spiro atoms. The van der Waals surface area contributed by atoms with Crippen LogP contribution in [0.15, 0.2) is 48.5 Å². The number of quaternary nitrogens is 1. The molecule has 7 heteroatoms. The molecule has 0 bridgehead atoms. The second-order valence-corrected chi connectivity index (χ2v) is 7.19. The van der Waals surface area contributed by atoms with Crippen LogP contribution in [-0.2, 0) is 32.7 Å². The van der Waals surface area contributed by atoms with Crippen molar-refractivity contribution in [3.63, 3.8) is 0 Å². The average Bonchev–Trinajstić information content (AvgIpc) is 3.07. The number of rotatable bonds is 3. The lowest BCUT2D eigenvalue weighted by molar-refractivity contribution is -0.256. The number of benzene rings is 2. The Morgan fingerprint density at radius 2 is 1.70 bits per heavy atom. The van der Waals surface area contributed by atoms with Crippen molar-refractivity contribution in [2.45, 2.75) is 39.5 Å². The number of nitrogens with zero attached hydrogens (tertiary/aromatic N) is 3. The molecule has 0 amide bonds. The topological polar surface area (TPSA) is 48.7 Å². The van der Waals surface area contributed by atoms with E-state index in [0.29, 0.717) is 11.4 Å². The number of fused-ring (bicyclic) bond motifs is 1. The van der Waals surface area contributed by atoms with Gasteiger partial charge in [-0.3, -0.25) is 4.90 Å². The molecule has 3 N–H and O–H groups in total. The van der Waals surface area contributed by atoms with Crippen LogP contribution in [0.5, 0.6) is 0 Å². The molecule has 0 saturated heterocycles. The van der Waals surface area contributed by atoms with Crippen molar-refractivity contribution >= 4 is 5.69 Å². The summed E-state index contributed by atoms with van der Waals surface area (Å²) in [6.45, 7) is 6.47. The number of aromatic nitrogens is 2. The summed E-state index contributed by atoms with van der Waals surface area (Å²) in [7, 11) is 1.93. The van der Waals surface area contributed by atoms with Gasteiger partial charge >= 0.3 is 6.18 Å². The van der Waals surface area contributed by atoms with Crippen molar-refractivity contribution in [2.24, 2.45) is 7.05 Å². The van der Waals surface area contributed by atoms with Gasteiger partial charge in [-0.05, 0) is 18.2 Å². The molecule has 30 heavy (non-hydrogen) atoms. The third-order valence-electron chi connectivity index (χ3n) is 5.32. The third-order valence-corrected chi connectivity index (χ3v) is 5.32. The Morgan fingerprint density at radius 1 is 1.03 bits per heavy atom. The van der Waals surface area contributed by atoms with Gasteiger partial charge in [0.2, 0.25) is 0 Å². The lowest BCUT2D eigenvalue weighted by Crippen LogP contribution is -2.42. The fraction of sp³-hybridized carbons (Fsp3) is 0.348. The fourth-order valence-electron chi connectivity index (χ4n) is 3.70. The highest BCUT2D eigenvalue weighted by Crippen LogP contribution is 2.32. The van der Waals surface area contributed by atoms with Gasteiger partial charge in [0.05, 0.1) is 17.0 Å². The highest BCUT2D eigenvalue weighted by Gasteiger charge is 2.30. The van der Waals surface area contributed by atoms with Crippen LogP contribution >= 0.6 is 0 Å². The minimum atomic E-state index is -4.33. The summed E-state index contributed by atoms with van der Waals surface area (Å²) < 4.78 is 40.4. The summed E-state index contributed by atoms with van der Waals surface area (Å²) in [6.07, 6.45) is -3.51. The Balaban J connectivity index is 0.00000124. The minimum absolute atomic E-state index is 0.645. The molecule has 1 aromatic heterocycles. The highest BCUT2D eigenvalue weighted by atomic mass is 19.4. The molecular weight excluding hydrogens is 389 g/mol. The minimum Gasteiger partial charge on any atom is -0.330 e. The van der Waals surface area contributed by atoms with E-state index in [1.54, 1.807) is 0 Å². The van der Waals surface area contributed by atoms with Gasteiger partial charge in [-0.2, -0.15) is 13.2 Å². The van der Waals surface area contributed by atoms with Gasteiger partial charge in [-0.25, -0.2) is 4.98 Å². The first-order valence-corrected chi connectivity index (χ1v) is 10.2. The molecule has 0 fully saturated rings. The van der Waals surface area contributed by atoms with Crippen LogP contribution in [0, 0.1) is 0 Å². The van der Waals surface area contributed by atoms with Crippen LogP contribution in [0.3, 0.4) is 0 Å². The van der Waals surface area contributed by atoms with E-state index >= 15 is 0 Å². The molecule has 4 rings (SSSR count). The Labute approximate surface area is 175 Å². The zero-order valence-corrected chi connectivity index (χ0v) is 17.6. The van der Waals surface area contributed by atoms with Crippen LogP contribution in [0.4, 0.5) is 18.9 Å². The highest BCUT2D eigenvalue weighted by molar-refractivity contribution is 5.58. The van der Waals surface area contributed by atoms with Gasteiger partial charge in [-0.15, -0.1) is 0 Å². The Bertz CT molecular complexity index is 991. The van der Waals surface area contributed by atoms with Crippen LogP contribution in [0.1, 0.15) is 36.4 Å². The van der Waals surface area contributed by atoms with E-state index in [4.69, 9.17) is 4.98 Å². The second kappa shape index (κ2) is 9.02. The van der Waals surface area contributed by atoms with Crippen molar-refractivity contribution in [2.75, 3.05) is 6.54 Å². The quantitative estimate of drug-likeness (QED) is 0.679. The summed E-state index contributed by atoms with van der Waals surface area (Å²) in [4.78, 5) is 7.07. The van der Waals surface area contributed by atoms with Crippen molar-refractivity contribution in [1.82, 2.24) is 14.5 Å². The molecular formula is C23H28F3N4+. The molecule has 3 aromatic rings. The van der Waals surface area contributed by atoms with E-state index in [9.17, 15) is 13.2 Å². The summed E-state index contributed by atoms with van der Waals surface area (Å²) in [5.74, 6) is 0.707. The monoisotopic (exact) mass is 417 g/mol. The van der Waals surface area contributed by atoms with Gasteiger partial charge in [-0.1, -0.05) is 44.2 Å². The van der Waals surface area contributed by atoms with E-state index < -0.39 is 11.7 Å². The van der Waals surface area contributed by atoms with Crippen LogP contribution in [0.25, 0.3) is 11.4 Å². The van der Waals surface area contributed by atoms with E-state index in [-0.39, 0.29) is 0 Å². The standard InChI is InChI=1S/C21H21F3N4.C2H6/c1-27-19-13-28(12-15-4-2-3-5-17(15)25)11-10-18(19)26-20(27)14-6-8-16(9-7-14)21(22,23)24;1-2/h2-9H,10-13,25H2,1H3;1-2H3/p+1. The number of hydrogen-bond donors (Lipinski definition) is 1. The molecule has 4 nitrogen and oxygen atoms in total. The number of halogens is 3. The van der Waals surface area contributed by atoms with E-state index in [1.165, 1.54) is 17.7 Å². The van der Waals surface area contributed by atoms with Gasteiger partial charge in [0.25, 0.3) is 0 Å². The SMILES string of the molecule is CC.Cn1c(-c2ccc(C(F)(F)F)cc2)nc2c1CN(Cc1ccccc1[NH3+])CC2. The molecule has 1 aliphatic heterocycles. The van der Waals surface area contributed by atoms with Crippen molar-refractivity contribution in [3.8, 4) is 11.4 Å². The molecule has 160 valence electrons. The maximum absolute atomic E-state index is 12.8. The number of hydrogen-bond acceptors (Lipinski definition) is 2.